The van der Waals surface area contributed by atoms with E-state index in [9.17, 15) is 4.79 Å². The van der Waals surface area contributed by atoms with Crippen LogP contribution in [-0.2, 0) is 30.1 Å². The number of hydrogen-bond donors (Lipinski definition) is 1. The number of rotatable bonds is 8. The molecule has 0 unspecified atom stereocenters. The van der Waals surface area contributed by atoms with Gasteiger partial charge < -0.3 is 14.4 Å². The third kappa shape index (κ3) is 4.93. The Morgan fingerprint density at radius 3 is 2.96 bits per heavy atom. The molecular weight excluding hydrogens is 338 g/mol. The second kappa shape index (κ2) is 8.48. The SMILES string of the molecule is CCn1ccnc1SCc1nc(CC(=O)NCc2ccccc2)no1. The van der Waals surface area contributed by atoms with Crippen LogP contribution in [0.25, 0.3) is 0 Å². The first-order chi connectivity index (χ1) is 12.2. The number of aromatic nitrogens is 4. The molecule has 0 saturated carbocycles. The van der Waals surface area contributed by atoms with Gasteiger partial charge in [-0.1, -0.05) is 47.3 Å². The largest absolute Gasteiger partial charge is 0.352 e. The maximum Gasteiger partial charge on any atom is 0.237 e. The molecule has 1 N–H and O–H groups in total. The summed E-state index contributed by atoms with van der Waals surface area (Å²) in [5.41, 5.74) is 1.05. The van der Waals surface area contributed by atoms with Crippen LogP contribution in [0, 0.1) is 0 Å². The normalized spacial score (nSPS) is 10.8. The first-order valence-corrected chi connectivity index (χ1v) is 8.99. The Morgan fingerprint density at radius 2 is 2.16 bits per heavy atom. The summed E-state index contributed by atoms with van der Waals surface area (Å²) in [4.78, 5) is 20.5. The van der Waals surface area contributed by atoms with Crippen LogP contribution in [0.1, 0.15) is 24.2 Å². The summed E-state index contributed by atoms with van der Waals surface area (Å²) in [6.07, 6.45) is 3.80. The molecule has 0 aliphatic heterocycles. The van der Waals surface area contributed by atoms with E-state index in [1.807, 2.05) is 41.1 Å². The number of imidazole rings is 1. The highest BCUT2D eigenvalue weighted by Gasteiger charge is 2.12. The predicted molar refractivity (Wildman–Crippen MR) is 93.8 cm³/mol. The van der Waals surface area contributed by atoms with Crippen LogP contribution in [-0.4, -0.2) is 25.6 Å². The van der Waals surface area contributed by atoms with E-state index >= 15 is 0 Å². The number of benzene rings is 1. The highest BCUT2D eigenvalue weighted by molar-refractivity contribution is 7.98. The number of carbonyl (C=O) groups is 1. The molecule has 0 aliphatic rings. The topological polar surface area (TPSA) is 85.8 Å². The zero-order valence-corrected chi connectivity index (χ0v) is 14.7. The highest BCUT2D eigenvalue weighted by atomic mass is 32.2. The number of carbonyl (C=O) groups excluding carboxylic acids is 1. The molecule has 0 aliphatic carbocycles. The van der Waals surface area contributed by atoms with Crippen molar-refractivity contribution < 1.29 is 9.32 Å². The Morgan fingerprint density at radius 1 is 1.32 bits per heavy atom. The lowest BCUT2D eigenvalue weighted by molar-refractivity contribution is -0.120. The molecule has 3 rings (SSSR count). The van der Waals surface area contributed by atoms with Crippen LogP contribution in [0.4, 0.5) is 0 Å². The fraction of sp³-hybridized carbons (Fsp3) is 0.294. The maximum atomic E-state index is 12.0. The van der Waals surface area contributed by atoms with E-state index in [0.29, 0.717) is 24.0 Å². The van der Waals surface area contributed by atoms with E-state index in [1.54, 1.807) is 6.20 Å². The average molecular weight is 357 g/mol. The van der Waals surface area contributed by atoms with Gasteiger partial charge in [0.15, 0.2) is 11.0 Å². The van der Waals surface area contributed by atoms with Gasteiger partial charge in [-0.15, -0.1) is 0 Å². The number of thioether (sulfide) groups is 1. The van der Waals surface area contributed by atoms with Crippen molar-refractivity contribution in [2.24, 2.45) is 0 Å². The molecule has 7 nitrogen and oxygen atoms in total. The molecule has 0 spiro atoms. The van der Waals surface area contributed by atoms with E-state index < -0.39 is 0 Å². The number of amides is 1. The third-order valence-electron chi connectivity index (χ3n) is 3.50. The number of nitrogens with one attached hydrogen (secondary N) is 1. The Labute approximate surface area is 149 Å². The first kappa shape index (κ1) is 17.2. The number of aryl methyl sites for hydroxylation is 1. The van der Waals surface area contributed by atoms with Gasteiger partial charge in [-0.05, 0) is 12.5 Å². The van der Waals surface area contributed by atoms with Crippen LogP contribution in [0.5, 0.6) is 0 Å². The molecule has 1 aromatic carbocycles. The zero-order valence-electron chi connectivity index (χ0n) is 13.9. The van der Waals surface area contributed by atoms with Crippen LogP contribution in [0.3, 0.4) is 0 Å². The van der Waals surface area contributed by atoms with Crippen molar-refractivity contribution in [1.29, 1.82) is 0 Å². The minimum Gasteiger partial charge on any atom is -0.352 e. The van der Waals surface area contributed by atoms with E-state index in [1.165, 1.54) is 11.8 Å². The summed E-state index contributed by atoms with van der Waals surface area (Å²) in [7, 11) is 0. The van der Waals surface area contributed by atoms with Gasteiger partial charge in [0.1, 0.15) is 0 Å². The van der Waals surface area contributed by atoms with Crippen molar-refractivity contribution in [1.82, 2.24) is 25.0 Å². The van der Waals surface area contributed by atoms with E-state index in [-0.39, 0.29) is 12.3 Å². The lowest BCUT2D eigenvalue weighted by Gasteiger charge is -2.03. The molecule has 2 heterocycles. The van der Waals surface area contributed by atoms with Gasteiger partial charge >= 0.3 is 0 Å². The number of hydrogen-bond acceptors (Lipinski definition) is 6. The summed E-state index contributed by atoms with van der Waals surface area (Å²) in [5.74, 6) is 1.27. The molecule has 0 atom stereocenters. The molecule has 8 heteroatoms. The standard InChI is InChI=1S/C17H19N5O2S/c1-2-22-9-8-18-17(22)25-12-16-20-14(21-24-16)10-15(23)19-11-13-6-4-3-5-7-13/h3-9H,2,10-12H2,1H3,(H,19,23). The van der Waals surface area contributed by atoms with Gasteiger partial charge in [0.25, 0.3) is 0 Å². The third-order valence-corrected chi connectivity index (χ3v) is 4.49. The van der Waals surface area contributed by atoms with Crippen LogP contribution in [0.2, 0.25) is 0 Å². The predicted octanol–water partition coefficient (Wildman–Crippen LogP) is 2.44. The Kier molecular flexibility index (Phi) is 5.84. The molecule has 3 aromatic rings. The van der Waals surface area contributed by atoms with E-state index in [0.717, 1.165) is 17.3 Å². The van der Waals surface area contributed by atoms with Crippen LogP contribution < -0.4 is 5.32 Å². The molecule has 0 bridgehead atoms. The van der Waals surface area contributed by atoms with Crippen LogP contribution in [0.15, 0.2) is 52.4 Å². The second-order valence-electron chi connectivity index (χ2n) is 5.33. The van der Waals surface area contributed by atoms with Crippen molar-refractivity contribution in [3.63, 3.8) is 0 Å². The van der Waals surface area contributed by atoms with Crippen molar-refractivity contribution in [3.8, 4) is 0 Å². The van der Waals surface area contributed by atoms with Gasteiger partial charge in [0.05, 0.1) is 12.2 Å². The monoisotopic (exact) mass is 357 g/mol. The molecular formula is C17H19N5O2S. The minimum atomic E-state index is -0.134. The molecule has 0 fully saturated rings. The van der Waals surface area contributed by atoms with Gasteiger partial charge in [0, 0.05) is 25.5 Å². The molecule has 0 radical (unpaired) electrons. The van der Waals surface area contributed by atoms with E-state index in [2.05, 4.69) is 27.4 Å². The van der Waals surface area contributed by atoms with Crippen molar-refractivity contribution in [2.45, 2.75) is 37.3 Å². The Bertz CT molecular complexity index is 815. The average Bonchev–Trinajstić information content (AvgIpc) is 3.28. The lowest BCUT2D eigenvalue weighted by atomic mass is 10.2. The summed E-state index contributed by atoms with van der Waals surface area (Å²) < 4.78 is 7.24. The lowest BCUT2D eigenvalue weighted by Crippen LogP contribution is -2.24. The van der Waals surface area contributed by atoms with Gasteiger partial charge in [-0.2, -0.15) is 4.98 Å². The first-order valence-electron chi connectivity index (χ1n) is 8.00. The second-order valence-corrected chi connectivity index (χ2v) is 6.27. The molecule has 25 heavy (non-hydrogen) atoms. The quantitative estimate of drug-likeness (QED) is 0.623. The Balaban J connectivity index is 1.47. The van der Waals surface area contributed by atoms with Gasteiger partial charge in [0.2, 0.25) is 11.8 Å². The highest BCUT2D eigenvalue weighted by Crippen LogP contribution is 2.20. The summed E-state index contributed by atoms with van der Waals surface area (Å²) in [5, 5.41) is 7.62. The van der Waals surface area contributed by atoms with E-state index in [4.69, 9.17) is 4.52 Å². The smallest absolute Gasteiger partial charge is 0.237 e. The summed E-state index contributed by atoms with van der Waals surface area (Å²) in [6, 6.07) is 9.74. The molecule has 2 aromatic heterocycles. The molecule has 130 valence electrons. The van der Waals surface area contributed by atoms with Crippen LogP contribution >= 0.6 is 11.8 Å². The van der Waals surface area contributed by atoms with Crippen molar-refractivity contribution in [2.75, 3.05) is 0 Å². The molecule has 0 saturated heterocycles. The fourth-order valence-electron chi connectivity index (χ4n) is 2.23. The number of nitrogens with zero attached hydrogens (tertiary/aromatic N) is 4. The minimum absolute atomic E-state index is 0.102. The van der Waals surface area contributed by atoms with Crippen molar-refractivity contribution in [3.05, 3.63) is 60.0 Å². The zero-order chi connectivity index (χ0) is 17.5. The summed E-state index contributed by atoms with van der Waals surface area (Å²) >= 11 is 1.53. The van der Waals surface area contributed by atoms with Gasteiger partial charge in [-0.3, -0.25) is 4.79 Å². The molecule has 1 amide bonds. The summed E-state index contributed by atoms with van der Waals surface area (Å²) in [6.45, 7) is 3.41. The van der Waals surface area contributed by atoms with Gasteiger partial charge in [-0.25, -0.2) is 4.98 Å². The Hall–Kier alpha value is -2.61. The fourth-order valence-corrected chi connectivity index (χ4v) is 3.09. The van der Waals surface area contributed by atoms with Crippen molar-refractivity contribution >= 4 is 17.7 Å². The maximum absolute atomic E-state index is 12.0.